The van der Waals surface area contributed by atoms with Crippen molar-refractivity contribution in [3.05, 3.63) is 62.5 Å². The molecule has 0 unspecified atom stereocenters. The number of carbonyl (C=O) groups excluding carboxylic acids is 1. The van der Waals surface area contributed by atoms with E-state index >= 15 is 0 Å². The molecule has 0 fully saturated rings. The monoisotopic (exact) mass is 321 g/mol. The smallest absolute Gasteiger partial charge is 0.333 e. The fraction of sp³-hybridized carbons (Fsp3) is 0. The zero-order chi connectivity index (χ0) is 15.1. The number of imidazole rings is 1. The van der Waals surface area contributed by atoms with Crippen LogP contribution >= 0.6 is 23.2 Å². The summed E-state index contributed by atoms with van der Waals surface area (Å²) in [6.45, 7) is 0. The van der Waals surface area contributed by atoms with Gasteiger partial charge in [-0.05, 0) is 36.4 Å². The molecular weight excluding hydrogens is 313 g/mol. The van der Waals surface area contributed by atoms with Crippen LogP contribution in [0.4, 0.5) is 5.69 Å². The van der Waals surface area contributed by atoms with Crippen molar-refractivity contribution in [2.45, 2.75) is 0 Å². The Labute approximate surface area is 128 Å². The van der Waals surface area contributed by atoms with E-state index in [0.29, 0.717) is 21.7 Å². The summed E-state index contributed by atoms with van der Waals surface area (Å²) in [5.74, 6) is -0.530. The second-order valence-electron chi connectivity index (χ2n) is 4.47. The van der Waals surface area contributed by atoms with Crippen LogP contribution < -0.4 is 11.4 Å². The van der Waals surface area contributed by atoms with E-state index in [1.807, 2.05) is 0 Å². The maximum atomic E-state index is 12.5. The molecule has 2 aromatic carbocycles. The second-order valence-corrected chi connectivity index (χ2v) is 5.32. The van der Waals surface area contributed by atoms with Gasteiger partial charge >= 0.3 is 5.69 Å². The van der Waals surface area contributed by atoms with E-state index in [-0.39, 0.29) is 10.6 Å². The third-order valence-electron chi connectivity index (χ3n) is 3.07. The number of nitrogens with one attached hydrogen (secondary N) is 1. The number of aromatic nitrogens is 2. The molecule has 0 aliphatic heterocycles. The Kier molecular flexibility index (Phi) is 3.23. The van der Waals surface area contributed by atoms with E-state index in [1.165, 1.54) is 12.1 Å². The van der Waals surface area contributed by atoms with Crippen LogP contribution in [0, 0.1) is 0 Å². The van der Waals surface area contributed by atoms with Gasteiger partial charge < -0.3 is 10.7 Å². The van der Waals surface area contributed by atoms with E-state index in [1.54, 1.807) is 24.3 Å². The molecule has 0 amide bonds. The Bertz CT molecular complexity index is 928. The van der Waals surface area contributed by atoms with Crippen molar-refractivity contribution < 1.29 is 4.79 Å². The molecule has 106 valence electrons. The molecule has 0 spiro atoms. The minimum Gasteiger partial charge on any atom is -0.399 e. The minimum absolute atomic E-state index is 0.184. The number of nitrogens with zero attached hydrogens (tertiary/aromatic N) is 1. The lowest BCUT2D eigenvalue weighted by Crippen LogP contribution is -2.25. The molecular formula is C14H9Cl2N3O2. The molecule has 0 saturated carbocycles. The van der Waals surface area contributed by atoms with Gasteiger partial charge in [-0.2, -0.15) is 0 Å². The Morgan fingerprint density at radius 1 is 1.14 bits per heavy atom. The largest absolute Gasteiger partial charge is 0.399 e. The standard InChI is InChI=1S/C14H9Cl2N3O2/c15-7-1-3-9(10(16)5-7)13(20)19-12-4-2-8(17)6-11(12)18-14(19)21/h1-6H,17H2,(H,18,21). The number of hydrogen-bond donors (Lipinski definition) is 2. The number of H-pyrrole nitrogens is 1. The van der Waals surface area contributed by atoms with Gasteiger partial charge in [0.05, 0.1) is 21.6 Å². The lowest BCUT2D eigenvalue weighted by Gasteiger charge is -2.05. The maximum absolute atomic E-state index is 12.5. The Hall–Kier alpha value is -2.24. The summed E-state index contributed by atoms with van der Waals surface area (Å²) in [6, 6.07) is 9.28. The molecule has 3 aromatic rings. The molecule has 0 bridgehead atoms. The predicted octanol–water partition coefficient (Wildman–Crippen LogP) is 2.91. The first-order chi connectivity index (χ1) is 9.97. The number of benzene rings is 2. The SMILES string of the molecule is Nc1ccc2c(c1)[nH]c(=O)n2C(=O)c1ccc(Cl)cc1Cl. The molecule has 0 aliphatic rings. The van der Waals surface area contributed by atoms with Crippen LogP contribution in [0.2, 0.25) is 10.0 Å². The number of nitrogen functional groups attached to an aromatic ring is 1. The predicted molar refractivity (Wildman–Crippen MR) is 83.2 cm³/mol. The third kappa shape index (κ3) is 2.30. The van der Waals surface area contributed by atoms with Gasteiger partial charge in [-0.15, -0.1) is 0 Å². The summed E-state index contributed by atoms with van der Waals surface area (Å²) in [6.07, 6.45) is 0. The van der Waals surface area contributed by atoms with Crippen molar-refractivity contribution in [3.8, 4) is 0 Å². The van der Waals surface area contributed by atoms with Crippen LogP contribution in [-0.4, -0.2) is 15.5 Å². The van der Waals surface area contributed by atoms with E-state index in [4.69, 9.17) is 28.9 Å². The average Bonchev–Trinajstić information content (AvgIpc) is 2.73. The highest BCUT2D eigenvalue weighted by atomic mass is 35.5. The van der Waals surface area contributed by atoms with E-state index in [0.717, 1.165) is 4.57 Å². The highest BCUT2D eigenvalue weighted by Crippen LogP contribution is 2.23. The number of carbonyl (C=O) groups is 1. The van der Waals surface area contributed by atoms with Crippen LogP contribution in [-0.2, 0) is 0 Å². The molecule has 0 atom stereocenters. The van der Waals surface area contributed by atoms with Gasteiger partial charge in [0, 0.05) is 10.7 Å². The fourth-order valence-electron chi connectivity index (χ4n) is 2.11. The molecule has 21 heavy (non-hydrogen) atoms. The normalized spacial score (nSPS) is 11.0. The summed E-state index contributed by atoms with van der Waals surface area (Å²) >= 11 is 11.8. The first kappa shape index (κ1) is 13.7. The molecule has 1 aromatic heterocycles. The van der Waals surface area contributed by atoms with Crippen molar-refractivity contribution >= 4 is 45.8 Å². The van der Waals surface area contributed by atoms with Crippen molar-refractivity contribution in [3.63, 3.8) is 0 Å². The molecule has 5 nitrogen and oxygen atoms in total. The first-order valence-electron chi connectivity index (χ1n) is 5.97. The van der Waals surface area contributed by atoms with E-state index in [9.17, 15) is 9.59 Å². The van der Waals surface area contributed by atoms with Gasteiger partial charge in [-0.1, -0.05) is 23.2 Å². The molecule has 0 aliphatic carbocycles. The zero-order valence-electron chi connectivity index (χ0n) is 10.6. The number of aromatic amines is 1. The van der Waals surface area contributed by atoms with E-state index < -0.39 is 11.6 Å². The van der Waals surface area contributed by atoms with Crippen molar-refractivity contribution in [1.82, 2.24) is 9.55 Å². The molecule has 0 radical (unpaired) electrons. The number of hydrogen-bond acceptors (Lipinski definition) is 3. The van der Waals surface area contributed by atoms with E-state index in [2.05, 4.69) is 4.98 Å². The second kappa shape index (κ2) is 4.95. The minimum atomic E-state index is -0.549. The Morgan fingerprint density at radius 2 is 1.90 bits per heavy atom. The summed E-state index contributed by atoms with van der Waals surface area (Å²) in [7, 11) is 0. The van der Waals surface area contributed by atoms with Crippen LogP contribution in [0.25, 0.3) is 11.0 Å². The third-order valence-corrected chi connectivity index (χ3v) is 3.62. The summed E-state index contributed by atoms with van der Waals surface area (Å²) in [4.78, 5) is 27.1. The average molecular weight is 322 g/mol. The number of anilines is 1. The Morgan fingerprint density at radius 3 is 2.62 bits per heavy atom. The van der Waals surface area contributed by atoms with Gasteiger partial charge in [0.25, 0.3) is 5.91 Å². The molecule has 7 heteroatoms. The number of fused-ring (bicyclic) bond motifs is 1. The summed E-state index contributed by atoms with van der Waals surface area (Å²) in [5, 5.41) is 0.597. The van der Waals surface area contributed by atoms with Crippen molar-refractivity contribution in [2.75, 3.05) is 5.73 Å². The highest BCUT2D eigenvalue weighted by molar-refractivity contribution is 6.36. The van der Waals surface area contributed by atoms with Gasteiger partial charge in [0.15, 0.2) is 0 Å². The van der Waals surface area contributed by atoms with Crippen LogP contribution in [0.1, 0.15) is 10.4 Å². The van der Waals surface area contributed by atoms with Crippen LogP contribution in [0.15, 0.2) is 41.2 Å². The van der Waals surface area contributed by atoms with Gasteiger partial charge in [-0.3, -0.25) is 4.79 Å². The zero-order valence-corrected chi connectivity index (χ0v) is 12.1. The van der Waals surface area contributed by atoms with Crippen LogP contribution in [0.5, 0.6) is 0 Å². The molecule has 0 saturated heterocycles. The number of halogens is 2. The fourth-order valence-corrected chi connectivity index (χ4v) is 2.60. The van der Waals surface area contributed by atoms with Gasteiger partial charge in [-0.25, -0.2) is 9.36 Å². The topological polar surface area (TPSA) is 80.9 Å². The van der Waals surface area contributed by atoms with Crippen LogP contribution in [0.3, 0.4) is 0 Å². The van der Waals surface area contributed by atoms with Crippen molar-refractivity contribution in [2.24, 2.45) is 0 Å². The van der Waals surface area contributed by atoms with Gasteiger partial charge in [0.2, 0.25) is 0 Å². The number of nitrogens with two attached hydrogens (primary N) is 1. The Balaban J connectivity index is 2.22. The number of rotatable bonds is 1. The first-order valence-corrected chi connectivity index (χ1v) is 6.73. The quantitative estimate of drug-likeness (QED) is 0.676. The maximum Gasteiger partial charge on any atom is 0.333 e. The summed E-state index contributed by atoms with van der Waals surface area (Å²) in [5.41, 5.74) is 6.72. The van der Waals surface area contributed by atoms with Crippen molar-refractivity contribution in [1.29, 1.82) is 0 Å². The lowest BCUT2D eigenvalue weighted by atomic mass is 10.2. The molecule has 3 N–H and O–H groups in total. The molecule has 3 rings (SSSR count). The van der Waals surface area contributed by atoms with Gasteiger partial charge in [0.1, 0.15) is 0 Å². The summed E-state index contributed by atoms with van der Waals surface area (Å²) < 4.78 is 1.02. The molecule has 1 heterocycles. The lowest BCUT2D eigenvalue weighted by molar-refractivity contribution is 0.0961. The highest BCUT2D eigenvalue weighted by Gasteiger charge is 2.18.